The van der Waals surface area contributed by atoms with Gasteiger partial charge in [0.1, 0.15) is 12.6 Å². The van der Waals surface area contributed by atoms with Crippen molar-refractivity contribution in [3.8, 4) is 6.01 Å². The highest BCUT2D eigenvalue weighted by atomic mass is 79.9. The second kappa shape index (κ2) is 8.77. The SMILES string of the molecule is O=C(CN1CCN(c2ccccc2)C1=O)N1CCCC(Oc2ncc(Br)cn2)C1. The first-order valence-electron chi connectivity index (χ1n) is 9.63. The molecule has 8 nitrogen and oxygen atoms in total. The van der Waals surface area contributed by atoms with Gasteiger partial charge in [0.15, 0.2) is 0 Å². The largest absolute Gasteiger partial charge is 0.458 e. The second-order valence-electron chi connectivity index (χ2n) is 7.10. The lowest BCUT2D eigenvalue weighted by atomic mass is 10.1. The molecular formula is C20H22BrN5O3. The Bertz CT molecular complexity index is 864. The number of halogens is 1. The van der Waals surface area contributed by atoms with Crippen LogP contribution in [0.2, 0.25) is 0 Å². The molecule has 2 aliphatic heterocycles. The van der Waals surface area contributed by atoms with Gasteiger partial charge in [-0.25, -0.2) is 14.8 Å². The maximum Gasteiger partial charge on any atom is 0.325 e. The lowest BCUT2D eigenvalue weighted by Gasteiger charge is -2.33. The van der Waals surface area contributed by atoms with Crippen LogP contribution in [0.3, 0.4) is 0 Å². The number of para-hydroxylation sites is 1. The van der Waals surface area contributed by atoms with Crippen molar-refractivity contribution in [2.24, 2.45) is 0 Å². The Morgan fingerprint density at radius 2 is 1.90 bits per heavy atom. The Morgan fingerprint density at radius 1 is 1.14 bits per heavy atom. The summed E-state index contributed by atoms with van der Waals surface area (Å²) in [6, 6.07) is 9.71. The molecule has 2 saturated heterocycles. The summed E-state index contributed by atoms with van der Waals surface area (Å²) in [6.45, 7) is 2.36. The fourth-order valence-corrected chi connectivity index (χ4v) is 3.82. The minimum Gasteiger partial charge on any atom is -0.458 e. The molecule has 3 amide bonds. The highest BCUT2D eigenvalue weighted by Gasteiger charge is 2.33. The molecule has 152 valence electrons. The van der Waals surface area contributed by atoms with E-state index in [-0.39, 0.29) is 24.6 Å². The number of carbonyl (C=O) groups excluding carboxylic acids is 2. The zero-order valence-corrected chi connectivity index (χ0v) is 17.5. The number of likely N-dealkylation sites (tertiary alicyclic amines) is 1. The number of rotatable bonds is 5. The first-order chi connectivity index (χ1) is 14.1. The van der Waals surface area contributed by atoms with Crippen molar-refractivity contribution >= 4 is 33.6 Å². The van der Waals surface area contributed by atoms with E-state index in [2.05, 4.69) is 25.9 Å². The molecular weight excluding hydrogens is 438 g/mol. The minimum absolute atomic E-state index is 0.0571. The molecule has 0 bridgehead atoms. The molecule has 2 fully saturated rings. The van der Waals surface area contributed by atoms with Crippen molar-refractivity contribution in [2.75, 3.05) is 37.6 Å². The lowest BCUT2D eigenvalue weighted by Crippen LogP contribution is -2.48. The van der Waals surface area contributed by atoms with Crippen molar-refractivity contribution in [3.05, 3.63) is 47.2 Å². The van der Waals surface area contributed by atoms with Crippen LogP contribution in [-0.4, -0.2) is 70.5 Å². The molecule has 0 radical (unpaired) electrons. The standard InChI is InChI=1S/C20H22BrN5O3/c21-15-11-22-19(23-12-15)29-17-7-4-8-24(13-17)18(27)14-25-9-10-26(20(25)28)16-5-2-1-3-6-16/h1-3,5-6,11-12,17H,4,7-10,13-14H2. The number of piperidine rings is 1. The van der Waals surface area contributed by atoms with Gasteiger partial charge in [-0.2, -0.15) is 0 Å². The second-order valence-corrected chi connectivity index (χ2v) is 8.01. The summed E-state index contributed by atoms with van der Waals surface area (Å²) in [5, 5.41) is 0. The van der Waals surface area contributed by atoms with Crippen LogP contribution in [0.5, 0.6) is 6.01 Å². The van der Waals surface area contributed by atoms with Crippen LogP contribution in [0.4, 0.5) is 10.5 Å². The van der Waals surface area contributed by atoms with Gasteiger partial charge in [-0.3, -0.25) is 9.69 Å². The molecule has 0 aliphatic carbocycles. The summed E-state index contributed by atoms with van der Waals surface area (Å²) in [5.74, 6) is -0.0571. The van der Waals surface area contributed by atoms with E-state index in [0.29, 0.717) is 32.2 Å². The van der Waals surface area contributed by atoms with Crippen LogP contribution in [0.1, 0.15) is 12.8 Å². The van der Waals surface area contributed by atoms with Crippen molar-refractivity contribution in [3.63, 3.8) is 0 Å². The molecule has 0 saturated carbocycles. The summed E-state index contributed by atoms with van der Waals surface area (Å²) in [6.07, 6.45) is 4.80. The Labute approximate surface area is 177 Å². The number of carbonyl (C=O) groups is 2. The number of amides is 3. The first kappa shape index (κ1) is 19.6. The molecule has 1 atom stereocenters. The van der Waals surface area contributed by atoms with Gasteiger partial charge in [-0.1, -0.05) is 18.2 Å². The number of hydrogen-bond acceptors (Lipinski definition) is 5. The average molecular weight is 460 g/mol. The molecule has 1 aromatic carbocycles. The number of aromatic nitrogens is 2. The topological polar surface area (TPSA) is 78.9 Å². The summed E-state index contributed by atoms with van der Waals surface area (Å²) in [5.41, 5.74) is 0.855. The third-order valence-electron chi connectivity index (χ3n) is 5.09. The van der Waals surface area contributed by atoms with Gasteiger partial charge in [-0.05, 0) is 40.9 Å². The third kappa shape index (κ3) is 4.67. The predicted molar refractivity (Wildman–Crippen MR) is 111 cm³/mol. The number of benzene rings is 1. The van der Waals surface area contributed by atoms with Crippen LogP contribution in [0.15, 0.2) is 47.2 Å². The van der Waals surface area contributed by atoms with E-state index >= 15 is 0 Å². The quantitative estimate of drug-likeness (QED) is 0.686. The van der Waals surface area contributed by atoms with E-state index in [0.717, 1.165) is 23.0 Å². The van der Waals surface area contributed by atoms with Gasteiger partial charge in [0.25, 0.3) is 0 Å². The summed E-state index contributed by atoms with van der Waals surface area (Å²) in [7, 11) is 0. The van der Waals surface area contributed by atoms with Gasteiger partial charge in [-0.15, -0.1) is 0 Å². The van der Waals surface area contributed by atoms with Crippen molar-refractivity contribution < 1.29 is 14.3 Å². The van der Waals surface area contributed by atoms with Crippen LogP contribution >= 0.6 is 15.9 Å². The van der Waals surface area contributed by atoms with E-state index in [1.807, 2.05) is 30.3 Å². The molecule has 0 N–H and O–H groups in total. The molecule has 29 heavy (non-hydrogen) atoms. The van der Waals surface area contributed by atoms with Gasteiger partial charge in [0.05, 0.1) is 11.0 Å². The molecule has 9 heteroatoms. The smallest absolute Gasteiger partial charge is 0.325 e. The number of nitrogens with zero attached hydrogens (tertiary/aromatic N) is 5. The maximum absolute atomic E-state index is 12.8. The van der Waals surface area contributed by atoms with E-state index in [1.54, 1.807) is 27.1 Å². The predicted octanol–water partition coefficient (Wildman–Crippen LogP) is 2.55. The van der Waals surface area contributed by atoms with Gasteiger partial charge < -0.3 is 14.5 Å². The molecule has 0 spiro atoms. The third-order valence-corrected chi connectivity index (χ3v) is 5.50. The van der Waals surface area contributed by atoms with E-state index < -0.39 is 0 Å². The van der Waals surface area contributed by atoms with E-state index in [9.17, 15) is 9.59 Å². The minimum atomic E-state index is -0.149. The normalized spacial score (nSPS) is 19.6. The Balaban J connectivity index is 1.32. The number of urea groups is 1. The number of anilines is 1. The van der Waals surface area contributed by atoms with Gasteiger partial charge >= 0.3 is 12.0 Å². The Kier molecular flexibility index (Phi) is 5.94. The fraction of sp³-hybridized carbons (Fsp3) is 0.400. The lowest BCUT2D eigenvalue weighted by molar-refractivity contribution is -0.134. The average Bonchev–Trinajstić information content (AvgIpc) is 3.11. The van der Waals surface area contributed by atoms with Crippen LogP contribution < -0.4 is 9.64 Å². The van der Waals surface area contributed by atoms with E-state index in [1.165, 1.54) is 0 Å². The molecule has 1 unspecified atom stereocenters. The molecule has 3 heterocycles. The summed E-state index contributed by atoms with van der Waals surface area (Å²) in [4.78, 5) is 38.8. The maximum atomic E-state index is 12.8. The molecule has 2 aliphatic rings. The first-order valence-corrected chi connectivity index (χ1v) is 10.4. The molecule has 1 aromatic heterocycles. The van der Waals surface area contributed by atoms with Gasteiger partial charge in [0.2, 0.25) is 5.91 Å². The van der Waals surface area contributed by atoms with Crippen LogP contribution in [0, 0.1) is 0 Å². The van der Waals surface area contributed by atoms with Crippen molar-refractivity contribution in [1.29, 1.82) is 0 Å². The highest BCUT2D eigenvalue weighted by Crippen LogP contribution is 2.21. The van der Waals surface area contributed by atoms with Crippen LogP contribution in [-0.2, 0) is 4.79 Å². The van der Waals surface area contributed by atoms with Gasteiger partial charge in [0, 0.05) is 37.7 Å². The molecule has 2 aromatic rings. The number of hydrogen-bond donors (Lipinski definition) is 0. The fourth-order valence-electron chi connectivity index (χ4n) is 3.61. The van der Waals surface area contributed by atoms with Crippen molar-refractivity contribution in [1.82, 2.24) is 19.8 Å². The monoisotopic (exact) mass is 459 g/mol. The van der Waals surface area contributed by atoms with Crippen molar-refractivity contribution in [2.45, 2.75) is 18.9 Å². The zero-order chi connectivity index (χ0) is 20.2. The van der Waals surface area contributed by atoms with Crippen LogP contribution in [0.25, 0.3) is 0 Å². The number of ether oxygens (including phenoxy) is 1. The Morgan fingerprint density at radius 3 is 2.66 bits per heavy atom. The Hall–Kier alpha value is -2.68. The summed E-state index contributed by atoms with van der Waals surface area (Å²) >= 11 is 3.30. The molecule has 4 rings (SSSR count). The zero-order valence-electron chi connectivity index (χ0n) is 15.9. The highest BCUT2D eigenvalue weighted by molar-refractivity contribution is 9.10. The summed E-state index contributed by atoms with van der Waals surface area (Å²) < 4.78 is 6.61. The van der Waals surface area contributed by atoms with E-state index in [4.69, 9.17) is 4.74 Å².